The number of nitrogens with zero attached hydrogens (tertiary/aromatic N) is 2. The topological polar surface area (TPSA) is 96.7 Å². The number of aromatic nitrogens is 3. The average Bonchev–Trinajstić information content (AvgIpc) is 3.09. The highest BCUT2D eigenvalue weighted by Crippen LogP contribution is 2.18. The molecule has 6 heteroatoms. The molecular formula is C20H17N5O. The lowest BCUT2D eigenvalue weighted by Gasteiger charge is -2.05. The summed E-state index contributed by atoms with van der Waals surface area (Å²) in [5, 5.41) is 3.25. The van der Waals surface area contributed by atoms with Crippen molar-refractivity contribution < 1.29 is 4.79 Å². The summed E-state index contributed by atoms with van der Waals surface area (Å²) in [5.41, 5.74) is 10.3. The number of pyridine rings is 1. The maximum atomic E-state index is 12.4. The maximum absolute atomic E-state index is 12.4. The Kier molecular flexibility index (Phi) is 4.07. The van der Waals surface area contributed by atoms with E-state index >= 15 is 0 Å². The molecule has 0 atom stereocenters. The summed E-state index contributed by atoms with van der Waals surface area (Å²) in [4.78, 5) is 24.1. The van der Waals surface area contributed by atoms with E-state index in [1.807, 2.05) is 42.5 Å². The van der Waals surface area contributed by atoms with E-state index < -0.39 is 0 Å². The normalized spacial score (nSPS) is 10.8. The molecule has 128 valence electrons. The molecule has 0 bridgehead atoms. The molecular weight excluding hydrogens is 326 g/mol. The number of aromatic amines is 1. The summed E-state index contributed by atoms with van der Waals surface area (Å²) >= 11 is 0. The number of carbonyl (C=O) groups is 1. The number of nitrogens with two attached hydrogens (primary N) is 1. The molecule has 0 saturated heterocycles. The van der Waals surface area contributed by atoms with Crippen LogP contribution < -0.4 is 11.1 Å². The van der Waals surface area contributed by atoms with Crippen molar-refractivity contribution in [3.63, 3.8) is 0 Å². The summed E-state index contributed by atoms with van der Waals surface area (Å²) in [6, 6.07) is 18.3. The Morgan fingerprint density at radius 3 is 2.69 bits per heavy atom. The molecule has 0 amide bonds. The van der Waals surface area contributed by atoms with Crippen LogP contribution in [-0.4, -0.2) is 20.7 Å². The molecule has 4 N–H and O–H groups in total. The smallest absolute Gasteiger partial charge is 0.211 e. The highest BCUT2D eigenvalue weighted by atomic mass is 16.1. The van der Waals surface area contributed by atoms with E-state index in [0.717, 1.165) is 16.6 Å². The predicted octanol–water partition coefficient (Wildman–Crippen LogP) is 3.38. The zero-order chi connectivity index (χ0) is 17.9. The van der Waals surface area contributed by atoms with Gasteiger partial charge in [0, 0.05) is 24.0 Å². The standard InChI is InChI=1S/C20H17N5O/c21-15-8-9-16-18(11-15)25-20(24-16)23-12-13-4-6-14(7-5-13)19(26)17-3-1-2-10-22-17/h1-11H,12,21H2,(H2,23,24,25). The number of anilines is 2. The van der Waals surface area contributed by atoms with Crippen LogP contribution in [0.15, 0.2) is 66.9 Å². The molecule has 0 aliphatic carbocycles. The zero-order valence-electron chi connectivity index (χ0n) is 13.9. The van der Waals surface area contributed by atoms with Crippen LogP contribution >= 0.6 is 0 Å². The van der Waals surface area contributed by atoms with Crippen molar-refractivity contribution in [3.05, 3.63) is 83.7 Å². The molecule has 0 fully saturated rings. The lowest BCUT2D eigenvalue weighted by atomic mass is 10.1. The van der Waals surface area contributed by atoms with Gasteiger partial charge in [0.05, 0.1) is 11.0 Å². The van der Waals surface area contributed by atoms with Gasteiger partial charge in [0.1, 0.15) is 5.69 Å². The second-order valence-corrected chi connectivity index (χ2v) is 5.96. The number of imidazole rings is 1. The predicted molar refractivity (Wildman–Crippen MR) is 102 cm³/mol. The van der Waals surface area contributed by atoms with Crippen molar-refractivity contribution >= 4 is 28.5 Å². The summed E-state index contributed by atoms with van der Waals surface area (Å²) in [6.07, 6.45) is 1.62. The van der Waals surface area contributed by atoms with Crippen molar-refractivity contribution in [1.82, 2.24) is 15.0 Å². The van der Waals surface area contributed by atoms with E-state index in [-0.39, 0.29) is 5.78 Å². The van der Waals surface area contributed by atoms with Crippen LogP contribution in [0.1, 0.15) is 21.6 Å². The number of fused-ring (bicyclic) bond motifs is 1. The SMILES string of the molecule is Nc1ccc2nc(NCc3ccc(C(=O)c4ccccn4)cc3)[nH]c2c1. The fraction of sp³-hybridized carbons (Fsp3) is 0.0500. The fourth-order valence-corrected chi connectivity index (χ4v) is 2.72. The first-order valence-electron chi connectivity index (χ1n) is 8.23. The third-order valence-electron chi connectivity index (χ3n) is 4.08. The minimum absolute atomic E-state index is 0.0833. The van der Waals surface area contributed by atoms with Gasteiger partial charge in [-0.05, 0) is 35.9 Å². The van der Waals surface area contributed by atoms with Crippen molar-refractivity contribution in [2.45, 2.75) is 6.54 Å². The zero-order valence-corrected chi connectivity index (χ0v) is 13.9. The number of rotatable bonds is 5. The number of hydrogen-bond donors (Lipinski definition) is 3. The van der Waals surface area contributed by atoms with Gasteiger partial charge in [-0.1, -0.05) is 30.3 Å². The highest BCUT2D eigenvalue weighted by molar-refractivity contribution is 6.07. The quantitative estimate of drug-likeness (QED) is 0.381. The number of benzene rings is 2. The summed E-state index contributed by atoms with van der Waals surface area (Å²) in [6.45, 7) is 0.591. The van der Waals surface area contributed by atoms with E-state index in [2.05, 4.69) is 20.3 Å². The van der Waals surface area contributed by atoms with Crippen LogP contribution in [0.4, 0.5) is 11.6 Å². The van der Waals surface area contributed by atoms with Crippen LogP contribution in [0.25, 0.3) is 11.0 Å². The van der Waals surface area contributed by atoms with E-state index in [4.69, 9.17) is 5.73 Å². The summed E-state index contributed by atoms with van der Waals surface area (Å²) in [5.74, 6) is 0.597. The molecule has 6 nitrogen and oxygen atoms in total. The molecule has 0 spiro atoms. The van der Waals surface area contributed by atoms with Gasteiger partial charge in [0.25, 0.3) is 0 Å². The van der Waals surface area contributed by atoms with E-state index in [1.54, 1.807) is 24.4 Å². The van der Waals surface area contributed by atoms with Gasteiger partial charge in [-0.15, -0.1) is 0 Å². The number of ketones is 1. The van der Waals surface area contributed by atoms with Gasteiger partial charge in [0.15, 0.2) is 0 Å². The Labute approximate surface area is 150 Å². The van der Waals surface area contributed by atoms with Crippen LogP contribution in [0.3, 0.4) is 0 Å². The van der Waals surface area contributed by atoms with Gasteiger partial charge in [-0.2, -0.15) is 0 Å². The Hall–Kier alpha value is -3.67. The Balaban J connectivity index is 1.44. The molecule has 2 heterocycles. The summed E-state index contributed by atoms with van der Waals surface area (Å²) < 4.78 is 0. The molecule has 26 heavy (non-hydrogen) atoms. The Bertz CT molecular complexity index is 1050. The van der Waals surface area contributed by atoms with Crippen molar-refractivity contribution in [2.75, 3.05) is 11.1 Å². The average molecular weight is 343 g/mol. The minimum atomic E-state index is -0.0833. The molecule has 2 aromatic heterocycles. The first-order valence-corrected chi connectivity index (χ1v) is 8.23. The van der Waals surface area contributed by atoms with Crippen LogP contribution in [-0.2, 0) is 6.54 Å². The molecule has 4 rings (SSSR count). The van der Waals surface area contributed by atoms with Gasteiger partial charge in [-0.25, -0.2) is 4.98 Å². The van der Waals surface area contributed by atoms with Crippen LogP contribution in [0, 0.1) is 0 Å². The van der Waals surface area contributed by atoms with E-state index in [9.17, 15) is 4.79 Å². The Morgan fingerprint density at radius 2 is 1.92 bits per heavy atom. The lowest BCUT2D eigenvalue weighted by molar-refractivity contribution is 0.103. The van der Waals surface area contributed by atoms with Crippen LogP contribution in [0.5, 0.6) is 0 Å². The van der Waals surface area contributed by atoms with Crippen molar-refractivity contribution in [1.29, 1.82) is 0 Å². The van der Waals surface area contributed by atoms with E-state index in [1.165, 1.54) is 0 Å². The number of nitrogen functional groups attached to an aromatic ring is 1. The second kappa shape index (κ2) is 6.68. The third kappa shape index (κ3) is 3.25. The first kappa shape index (κ1) is 15.8. The van der Waals surface area contributed by atoms with Gasteiger partial charge in [0.2, 0.25) is 11.7 Å². The number of hydrogen-bond acceptors (Lipinski definition) is 5. The van der Waals surface area contributed by atoms with Gasteiger partial charge in [-0.3, -0.25) is 9.78 Å². The number of nitrogens with one attached hydrogen (secondary N) is 2. The maximum Gasteiger partial charge on any atom is 0.211 e. The van der Waals surface area contributed by atoms with Crippen molar-refractivity contribution in [2.24, 2.45) is 0 Å². The fourth-order valence-electron chi connectivity index (χ4n) is 2.72. The van der Waals surface area contributed by atoms with E-state index in [0.29, 0.717) is 29.4 Å². The minimum Gasteiger partial charge on any atom is -0.399 e. The summed E-state index contributed by atoms with van der Waals surface area (Å²) in [7, 11) is 0. The molecule has 0 radical (unpaired) electrons. The molecule has 0 aliphatic rings. The Morgan fingerprint density at radius 1 is 1.08 bits per heavy atom. The largest absolute Gasteiger partial charge is 0.399 e. The number of H-pyrrole nitrogens is 1. The third-order valence-corrected chi connectivity index (χ3v) is 4.08. The highest BCUT2D eigenvalue weighted by Gasteiger charge is 2.09. The molecule has 4 aromatic rings. The lowest BCUT2D eigenvalue weighted by Crippen LogP contribution is -2.05. The van der Waals surface area contributed by atoms with Gasteiger partial charge >= 0.3 is 0 Å². The monoisotopic (exact) mass is 343 g/mol. The number of carbonyl (C=O) groups excluding carboxylic acids is 1. The molecule has 0 saturated carbocycles. The first-order chi connectivity index (χ1) is 12.7. The molecule has 0 aliphatic heterocycles. The molecule has 0 unspecified atom stereocenters. The molecule has 2 aromatic carbocycles. The van der Waals surface area contributed by atoms with Crippen LogP contribution in [0.2, 0.25) is 0 Å². The van der Waals surface area contributed by atoms with Crippen molar-refractivity contribution in [3.8, 4) is 0 Å². The van der Waals surface area contributed by atoms with Gasteiger partial charge < -0.3 is 16.0 Å². The second-order valence-electron chi connectivity index (χ2n) is 5.96.